The number of carbonyl (C=O) groups excluding carboxylic acids is 1. The summed E-state index contributed by atoms with van der Waals surface area (Å²) in [5.74, 6) is 0. The lowest BCUT2D eigenvalue weighted by molar-refractivity contribution is -0.115. The van der Waals surface area contributed by atoms with Crippen LogP contribution in [-0.2, 0) is 21.4 Å². The van der Waals surface area contributed by atoms with Crippen molar-refractivity contribution in [1.29, 1.82) is 0 Å². The minimum Gasteiger partial charge on any atom is -0.444 e. The Labute approximate surface area is 186 Å². The maximum atomic E-state index is 13.5. The van der Waals surface area contributed by atoms with Crippen molar-refractivity contribution < 1.29 is 14.3 Å². The number of rotatable bonds is 5. The molecule has 1 unspecified atom stereocenters. The molecule has 2 bridgehead atoms. The molecule has 4 heteroatoms. The van der Waals surface area contributed by atoms with E-state index in [9.17, 15) is 4.79 Å². The van der Waals surface area contributed by atoms with Crippen LogP contribution < -0.4 is 0 Å². The van der Waals surface area contributed by atoms with E-state index in [1.807, 2.05) is 51.0 Å². The van der Waals surface area contributed by atoms with Gasteiger partial charge in [0, 0.05) is 24.6 Å². The van der Waals surface area contributed by atoms with Crippen molar-refractivity contribution in [2.75, 3.05) is 7.11 Å². The van der Waals surface area contributed by atoms with Gasteiger partial charge < -0.3 is 9.47 Å². The van der Waals surface area contributed by atoms with Gasteiger partial charge in [0.15, 0.2) is 0 Å². The lowest BCUT2D eigenvalue weighted by Crippen LogP contribution is -2.65. The summed E-state index contributed by atoms with van der Waals surface area (Å²) in [4.78, 5) is 15.5. The molecule has 1 amide bonds. The summed E-state index contributed by atoms with van der Waals surface area (Å²) in [6.45, 7) is 6.36. The second kappa shape index (κ2) is 8.31. The van der Waals surface area contributed by atoms with Crippen LogP contribution in [0.25, 0.3) is 0 Å². The lowest BCUT2D eigenvalue weighted by atomic mass is 9.53. The fraction of sp³-hybridized carbons (Fsp3) is 0.519. The predicted octanol–water partition coefficient (Wildman–Crippen LogP) is 6.09. The SMILES string of the molecule is COC1CC2(N(Cc3ccccc3)C(=O)OC(C)(C)C)CCC1(c1ccccc1)CC2. The van der Waals surface area contributed by atoms with Crippen molar-refractivity contribution in [2.24, 2.45) is 0 Å². The lowest BCUT2D eigenvalue weighted by Gasteiger charge is -2.60. The van der Waals surface area contributed by atoms with Gasteiger partial charge in [0.05, 0.1) is 6.10 Å². The Morgan fingerprint density at radius 1 is 0.968 bits per heavy atom. The molecule has 0 radical (unpaired) electrons. The molecule has 0 aliphatic heterocycles. The Balaban J connectivity index is 1.66. The molecule has 0 saturated heterocycles. The van der Waals surface area contributed by atoms with Gasteiger partial charge in [-0.2, -0.15) is 0 Å². The van der Waals surface area contributed by atoms with Gasteiger partial charge in [-0.25, -0.2) is 4.79 Å². The molecule has 2 aromatic carbocycles. The molecule has 166 valence electrons. The van der Waals surface area contributed by atoms with Crippen LogP contribution in [-0.4, -0.2) is 35.3 Å². The number of hydrogen-bond donors (Lipinski definition) is 0. The zero-order chi connectivity index (χ0) is 22.1. The average Bonchev–Trinajstić information content (AvgIpc) is 2.78. The van der Waals surface area contributed by atoms with Crippen molar-refractivity contribution in [1.82, 2.24) is 4.90 Å². The molecule has 3 aliphatic rings. The van der Waals surface area contributed by atoms with Gasteiger partial charge in [0.2, 0.25) is 0 Å². The molecule has 1 atom stereocenters. The summed E-state index contributed by atoms with van der Waals surface area (Å²) in [7, 11) is 1.82. The number of benzene rings is 2. The van der Waals surface area contributed by atoms with Crippen LogP contribution in [0, 0.1) is 0 Å². The molecule has 0 heterocycles. The minimum absolute atomic E-state index is 0.0319. The van der Waals surface area contributed by atoms with Crippen LogP contribution in [0.1, 0.15) is 64.0 Å². The van der Waals surface area contributed by atoms with E-state index >= 15 is 0 Å². The molecule has 0 N–H and O–H groups in total. The van der Waals surface area contributed by atoms with E-state index in [4.69, 9.17) is 9.47 Å². The van der Waals surface area contributed by atoms with Gasteiger partial charge >= 0.3 is 6.09 Å². The van der Waals surface area contributed by atoms with Crippen molar-refractivity contribution >= 4 is 6.09 Å². The Bertz CT molecular complexity index is 880. The van der Waals surface area contributed by atoms with E-state index in [1.165, 1.54) is 5.56 Å². The third kappa shape index (κ3) is 4.23. The summed E-state index contributed by atoms with van der Waals surface area (Å²) in [6, 6.07) is 21.0. The van der Waals surface area contributed by atoms with Gasteiger partial charge in [-0.05, 0) is 64.0 Å². The van der Waals surface area contributed by atoms with Gasteiger partial charge in [-0.3, -0.25) is 4.90 Å². The first-order valence-corrected chi connectivity index (χ1v) is 11.4. The van der Waals surface area contributed by atoms with Crippen molar-refractivity contribution in [3.05, 3.63) is 71.8 Å². The quantitative estimate of drug-likeness (QED) is 0.586. The number of amides is 1. The highest BCUT2D eigenvalue weighted by atomic mass is 16.6. The van der Waals surface area contributed by atoms with Gasteiger partial charge in [-0.15, -0.1) is 0 Å². The van der Waals surface area contributed by atoms with E-state index in [1.54, 1.807) is 0 Å². The van der Waals surface area contributed by atoms with Gasteiger partial charge in [-0.1, -0.05) is 60.7 Å². The molecular formula is C27H35NO3. The maximum absolute atomic E-state index is 13.5. The average molecular weight is 422 g/mol. The molecule has 0 aromatic heterocycles. The summed E-state index contributed by atoms with van der Waals surface area (Å²) < 4.78 is 12.0. The molecule has 0 spiro atoms. The third-order valence-corrected chi connectivity index (χ3v) is 7.26. The maximum Gasteiger partial charge on any atom is 0.411 e. The van der Waals surface area contributed by atoms with Gasteiger partial charge in [0.25, 0.3) is 0 Å². The van der Waals surface area contributed by atoms with E-state index in [0.29, 0.717) is 6.54 Å². The van der Waals surface area contributed by atoms with E-state index in [0.717, 1.165) is 37.7 Å². The molecule has 3 fully saturated rings. The van der Waals surface area contributed by atoms with Gasteiger partial charge in [0.1, 0.15) is 5.60 Å². The molecule has 2 aromatic rings. The van der Waals surface area contributed by atoms with Crippen molar-refractivity contribution in [3.8, 4) is 0 Å². The minimum atomic E-state index is -0.527. The molecule has 4 nitrogen and oxygen atoms in total. The normalized spacial score (nSPS) is 27.7. The van der Waals surface area contributed by atoms with E-state index < -0.39 is 5.60 Å². The molecule has 31 heavy (non-hydrogen) atoms. The third-order valence-electron chi connectivity index (χ3n) is 7.26. The van der Waals surface area contributed by atoms with Crippen LogP contribution in [0.15, 0.2) is 60.7 Å². The molecular weight excluding hydrogens is 386 g/mol. The Morgan fingerprint density at radius 2 is 1.55 bits per heavy atom. The first-order chi connectivity index (χ1) is 14.8. The first kappa shape index (κ1) is 21.9. The molecule has 3 saturated carbocycles. The largest absolute Gasteiger partial charge is 0.444 e. The number of ether oxygens (including phenoxy) is 2. The van der Waals surface area contributed by atoms with Crippen LogP contribution in [0.4, 0.5) is 4.79 Å². The topological polar surface area (TPSA) is 38.8 Å². The van der Waals surface area contributed by atoms with E-state index in [-0.39, 0.29) is 23.2 Å². The zero-order valence-electron chi connectivity index (χ0n) is 19.3. The summed E-state index contributed by atoms with van der Waals surface area (Å²) in [5, 5.41) is 0. The second-order valence-corrected chi connectivity index (χ2v) is 10.2. The van der Waals surface area contributed by atoms with Crippen LogP contribution in [0.2, 0.25) is 0 Å². The number of fused-ring (bicyclic) bond motifs is 3. The summed E-state index contributed by atoms with van der Waals surface area (Å²) in [5.41, 5.74) is 1.75. The number of nitrogens with zero attached hydrogens (tertiary/aromatic N) is 1. The monoisotopic (exact) mass is 421 g/mol. The Morgan fingerprint density at radius 3 is 2.10 bits per heavy atom. The fourth-order valence-electron chi connectivity index (χ4n) is 5.67. The highest BCUT2D eigenvalue weighted by Gasteiger charge is 2.58. The summed E-state index contributed by atoms with van der Waals surface area (Å²) >= 11 is 0. The fourth-order valence-corrected chi connectivity index (χ4v) is 5.67. The highest BCUT2D eigenvalue weighted by molar-refractivity contribution is 5.69. The zero-order valence-corrected chi connectivity index (χ0v) is 19.3. The van der Waals surface area contributed by atoms with Crippen molar-refractivity contribution in [3.63, 3.8) is 0 Å². The molecule has 5 rings (SSSR count). The molecule has 3 aliphatic carbocycles. The second-order valence-electron chi connectivity index (χ2n) is 10.2. The standard InChI is InChI=1S/C27H35NO3/c1-25(2,3)31-24(29)28(20-21-11-7-5-8-12-21)26-15-17-27(18-16-26,23(19-26)30-4)22-13-9-6-10-14-22/h5-14,23H,15-20H2,1-4H3. The number of carbonyl (C=O) groups is 1. The van der Waals surface area contributed by atoms with Crippen molar-refractivity contribution in [2.45, 2.75) is 82.1 Å². The first-order valence-electron chi connectivity index (χ1n) is 11.4. The Hall–Kier alpha value is -2.33. The highest BCUT2D eigenvalue weighted by Crippen LogP contribution is 2.57. The number of hydrogen-bond acceptors (Lipinski definition) is 3. The van der Waals surface area contributed by atoms with E-state index in [2.05, 4.69) is 42.5 Å². The van der Waals surface area contributed by atoms with Crippen LogP contribution >= 0.6 is 0 Å². The smallest absolute Gasteiger partial charge is 0.411 e. The van der Waals surface area contributed by atoms with Crippen LogP contribution in [0.3, 0.4) is 0 Å². The Kier molecular flexibility index (Phi) is 5.87. The predicted molar refractivity (Wildman–Crippen MR) is 123 cm³/mol. The summed E-state index contributed by atoms with van der Waals surface area (Å²) in [6.07, 6.45) is 4.66. The van der Waals surface area contributed by atoms with Crippen LogP contribution in [0.5, 0.6) is 0 Å². The number of methoxy groups -OCH3 is 1.